The SMILES string of the molecule is O=C=Nc1cccc2c1C(=O)N(N=C=O)C2. The summed E-state index contributed by atoms with van der Waals surface area (Å²) in [6.45, 7) is 0.186. The molecule has 1 aromatic carbocycles. The zero-order valence-corrected chi connectivity index (χ0v) is 8.01. The van der Waals surface area contributed by atoms with Gasteiger partial charge in [0, 0.05) is 0 Å². The molecule has 0 saturated carbocycles. The maximum Gasteiger partial charge on any atom is 0.277 e. The number of hydrogen-bond donors (Lipinski definition) is 0. The lowest BCUT2D eigenvalue weighted by molar-refractivity contribution is 0.0783. The first-order valence-electron chi connectivity index (χ1n) is 4.37. The molecule has 16 heavy (non-hydrogen) atoms. The molecule has 0 spiro atoms. The van der Waals surface area contributed by atoms with Crippen molar-refractivity contribution in [2.24, 2.45) is 10.1 Å². The Morgan fingerprint density at radius 2 is 2.06 bits per heavy atom. The normalized spacial score (nSPS) is 12.8. The monoisotopic (exact) mass is 215 g/mol. The molecule has 0 atom stereocenters. The lowest BCUT2D eigenvalue weighted by Gasteiger charge is -2.03. The fourth-order valence-corrected chi connectivity index (χ4v) is 1.60. The Bertz CT molecular complexity index is 554. The number of aliphatic imine (C=N–C) groups is 1. The van der Waals surface area contributed by atoms with E-state index in [1.807, 2.05) is 0 Å². The van der Waals surface area contributed by atoms with E-state index >= 15 is 0 Å². The minimum absolute atomic E-state index is 0.186. The highest BCUT2D eigenvalue weighted by molar-refractivity contribution is 6.03. The Morgan fingerprint density at radius 1 is 1.25 bits per heavy atom. The third kappa shape index (κ3) is 1.44. The van der Waals surface area contributed by atoms with Crippen LogP contribution in [0.15, 0.2) is 28.3 Å². The molecule has 0 aromatic heterocycles. The zero-order valence-electron chi connectivity index (χ0n) is 8.01. The van der Waals surface area contributed by atoms with Gasteiger partial charge >= 0.3 is 0 Å². The number of isocyanates is 2. The molecule has 1 aliphatic heterocycles. The number of rotatable bonds is 2. The number of hydrazone groups is 1. The molecule has 2 rings (SSSR count). The van der Waals surface area contributed by atoms with Gasteiger partial charge in [-0.1, -0.05) is 17.2 Å². The minimum atomic E-state index is -0.465. The average Bonchev–Trinajstić information content (AvgIpc) is 2.58. The summed E-state index contributed by atoms with van der Waals surface area (Å²) in [6, 6.07) is 4.89. The molecule has 0 aliphatic carbocycles. The second-order valence-corrected chi connectivity index (χ2v) is 3.07. The van der Waals surface area contributed by atoms with E-state index in [4.69, 9.17) is 0 Å². The zero-order chi connectivity index (χ0) is 11.5. The van der Waals surface area contributed by atoms with Gasteiger partial charge < -0.3 is 0 Å². The summed E-state index contributed by atoms with van der Waals surface area (Å²) in [4.78, 5) is 35.5. The van der Waals surface area contributed by atoms with Crippen LogP contribution in [0.3, 0.4) is 0 Å². The summed E-state index contributed by atoms with van der Waals surface area (Å²) < 4.78 is 0. The van der Waals surface area contributed by atoms with Crippen LogP contribution in [0, 0.1) is 0 Å². The maximum atomic E-state index is 11.7. The van der Waals surface area contributed by atoms with E-state index in [2.05, 4.69) is 10.1 Å². The second-order valence-electron chi connectivity index (χ2n) is 3.07. The maximum absolute atomic E-state index is 11.7. The molecule has 78 valence electrons. The Balaban J connectivity index is 2.55. The topological polar surface area (TPSA) is 79.2 Å². The van der Waals surface area contributed by atoms with Gasteiger partial charge in [-0.15, -0.1) is 0 Å². The number of amides is 1. The van der Waals surface area contributed by atoms with Crippen molar-refractivity contribution >= 4 is 23.8 Å². The predicted molar refractivity (Wildman–Crippen MR) is 52.2 cm³/mol. The van der Waals surface area contributed by atoms with Crippen LogP contribution in [0.2, 0.25) is 0 Å². The average molecular weight is 215 g/mol. The molecule has 6 heteroatoms. The quantitative estimate of drug-likeness (QED) is 0.542. The van der Waals surface area contributed by atoms with Gasteiger partial charge in [-0.2, -0.15) is 4.99 Å². The van der Waals surface area contributed by atoms with Gasteiger partial charge in [0.05, 0.1) is 17.8 Å². The highest BCUT2D eigenvalue weighted by atomic mass is 16.2. The third-order valence-corrected chi connectivity index (χ3v) is 2.22. The molecule has 1 aromatic rings. The van der Waals surface area contributed by atoms with Crippen LogP contribution in [0.5, 0.6) is 0 Å². The van der Waals surface area contributed by atoms with Crippen molar-refractivity contribution in [3.63, 3.8) is 0 Å². The van der Waals surface area contributed by atoms with Gasteiger partial charge in [0.2, 0.25) is 6.08 Å². The Morgan fingerprint density at radius 3 is 2.75 bits per heavy atom. The van der Waals surface area contributed by atoms with Crippen molar-refractivity contribution < 1.29 is 14.4 Å². The van der Waals surface area contributed by atoms with Gasteiger partial charge in [0.25, 0.3) is 12.0 Å². The van der Waals surface area contributed by atoms with Crippen LogP contribution in [0.4, 0.5) is 5.69 Å². The summed E-state index contributed by atoms with van der Waals surface area (Å²) in [5.41, 5.74) is 1.19. The van der Waals surface area contributed by atoms with Crippen LogP contribution >= 0.6 is 0 Å². The van der Waals surface area contributed by atoms with E-state index in [0.717, 1.165) is 5.01 Å². The van der Waals surface area contributed by atoms with Crippen molar-refractivity contribution in [2.45, 2.75) is 6.54 Å². The molecule has 0 fully saturated rings. The van der Waals surface area contributed by atoms with Gasteiger partial charge in [-0.3, -0.25) is 4.79 Å². The summed E-state index contributed by atoms with van der Waals surface area (Å²) in [6.07, 6.45) is 2.68. The fourth-order valence-electron chi connectivity index (χ4n) is 1.60. The lowest BCUT2D eigenvalue weighted by Crippen LogP contribution is -2.16. The summed E-state index contributed by atoms with van der Waals surface area (Å²) >= 11 is 0. The van der Waals surface area contributed by atoms with Crippen molar-refractivity contribution in [3.8, 4) is 0 Å². The van der Waals surface area contributed by atoms with Crippen LogP contribution in [-0.4, -0.2) is 23.1 Å². The Hall–Kier alpha value is -2.55. The summed E-state index contributed by atoms with van der Waals surface area (Å²) in [7, 11) is 0. The molecule has 0 bridgehead atoms. The van der Waals surface area contributed by atoms with E-state index in [-0.39, 0.29) is 17.8 Å². The minimum Gasteiger partial charge on any atom is -0.267 e. The van der Waals surface area contributed by atoms with Crippen molar-refractivity contribution in [1.29, 1.82) is 0 Å². The van der Waals surface area contributed by atoms with Crippen LogP contribution in [-0.2, 0) is 16.1 Å². The molecule has 0 radical (unpaired) electrons. The number of fused-ring (bicyclic) bond motifs is 1. The smallest absolute Gasteiger partial charge is 0.267 e. The largest absolute Gasteiger partial charge is 0.277 e. The van der Waals surface area contributed by atoms with E-state index in [1.54, 1.807) is 12.1 Å². The fraction of sp³-hybridized carbons (Fsp3) is 0.100. The van der Waals surface area contributed by atoms with E-state index < -0.39 is 5.91 Å². The van der Waals surface area contributed by atoms with E-state index in [1.165, 1.54) is 18.2 Å². The molecular weight excluding hydrogens is 210 g/mol. The summed E-state index contributed by atoms with van der Waals surface area (Å²) in [5, 5.41) is 4.23. The van der Waals surface area contributed by atoms with Crippen molar-refractivity contribution in [1.82, 2.24) is 5.01 Å². The first-order valence-corrected chi connectivity index (χ1v) is 4.37. The van der Waals surface area contributed by atoms with E-state index in [0.29, 0.717) is 5.56 Å². The first-order chi connectivity index (χ1) is 7.77. The number of carbonyl (C=O) groups excluding carboxylic acids is 3. The highest BCUT2D eigenvalue weighted by Gasteiger charge is 2.30. The first kappa shape index (κ1) is 9.98. The molecule has 1 heterocycles. The van der Waals surface area contributed by atoms with Gasteiger partial charge in [0.1, 0.15) is 0 Å². The molecule has 1 aliphatic rings. The van der Waals surface area contributed by atoms with E-state index in [9.17, 15) is 14.4 Å². The molecule has 0 N–H and O–H groups in total. The van der Waals surface area contributed by atoms with Gasteiger partial charge in [-0.05, 0) is 11.6 Å². The molecular formula is C10H5N3O3. The van der Waals surface area contributed by atoms with Gasteiger partial charge in [-0.25, -0.2) is 14.6 Å². The van der Waals surface area contributed by atoms with Crippen LogP contribution < -0.4 is 0 Å². The number of benzene rings is 1. The molecule has 0 saturated heterocycles. The third-order valence-electron chi connectivity index (χ3n) is 2.22. The Kier molecular flexibility index (Phi) is 2.44. The number of hydrogen-bond acceptors (Lipinski definition) is 5. The molecule has 0 unspecified atom stereocenters. The van der Waals surface area contributed by atoms with Gasteiger partial charge in [0.15, 0.2) is 0 Å². The van der Waals surface area contributed by atoms with Crippen LogP contribution in [0.1, 0.15) is 15.9 Å². The standard InChI is InChI=1S/C10H5N3O3/c14-5-11-8-3-1-2-7-4-13(12-6-15)10(16)9(7)8/h1-3H,4H2. The summed E-state index contributed by atoms with van der Waals surface area (Å²) in [5.74, 6) is -0.465. The predicted octanol–water partition coefficient (Wildman–Crippen LogP) is 0.861. The van der Waals surface area contributed by atoms with Crippen LogP contribution in [0.25, 0.3) is 0 Å². The van der Waals surface area contributed by atoms with Crippen molar-refractivity contribution in [3.05, 3.63) is 29.3 Å². The van der Waals surface area contributed by atoms with Crippen molar-refractivity contribution in [2.75, 3.05) is 0 Å². The molecule has 1 amide bonds. The highest BCUT2D eigenvalue weighted by Crippen LogP contribution is 2.30. The number of nitrogens with zero attached hydrogens (tertiary/aromatic N) is 3. The number of carbonyl (C=O) groups is 1. The lowest BCUT2D eigenvalue weighted by atomic mass is 10.1. The Labute approximate surface area is 89.9 Å². The second kappa shape index (κ2) is 3.90. The molecule has 6 nitrogen and oxygen atoms in total.